The monoisotopic (exact) mass is 188 g/mol. The lowest BCUT2D eigenvalue weighted by molar-refractivity contribution is 0.809. The van der Waals surface area contributed by atoms with Crippen LogP contribution >= 0.6 is 0 Å². The summed E-state index contributed by atoms with van der Waals surface area (Å²) >= 11 is 0. The van der Waals surface area contributed by atoms with Crippen LogP contribution in [0.5, 0.6) is 0 Å². The van der Waals surface area contributed by atoms with Gasteiger partial charge in [-0.15, -0.1) is 0 Å². The molecule has 0 unspecified atom stereocenters. The predicted molar refractivity (Wildman–Crippen MR) is 59.5 cm³/mol. The second-order valence-corrected chi connectivity index (χ2v) is 4.10. The van der Waals surface area contributed by atoms with Gasteiger partial charge in [-0.3, -0.25) is 0 Å². The second kappa shape index (κ2) is 3.45. The van der Waals surface area contributed by atoms with E-state index in [4.69, 9.17) is 0 Å². The quantitative estimate of drug-likeness (QED) is 0.732. The molecule has 2 rings (SSSR count). The minimum atomic E-state index is 0.494. The van der Waals surface area contributed by atoms with Crippen LogP contribution in [0, 0.1) is 6.92 Å². The highest BCUT2D eigenvalue weighted by Crippen LogP contribution is 2.25. The number of nitrogens with zero attached hydrogens (tertiary/aromatic N) is 1. The summed E-state index contributed by atoms with van der Waals surface area (Å²) in [4.78, 5) is 4.65. The lowest BCUT2D eigenvalue weighted by atomic mass is 10.0. The molecule has 1 aromatic rings. The molecule has 1 aliphatic rings. The second-order valence-electron chi connectivity index (χ2n) is 4.10. The molecule has 0 amide bonds. The largest absolute Gasteiger partial charge is 0.347 e. The van der Waals surface area contributed by atoms with Crippen molar-refractivity contribution in [2.24, 2.45) is 0 Å². The molecule has 0 saturated heterocycles. The van der Waals surface area contributed by atoms with Gasteiger partial charge in [-0.25, -0.2) is 4.98 Å². The Bertz CT molecular complexity index is 378. The molecule has 2 nitrogen and oxygen atoms in total. The number of hydrogen-bond acceptors (Lipinski definition) is 2. The molecule has 0 bridgehead atoms. The first-order valence-electron chi connectivity index (χ1n) is 5.10. The molecular weight excluding hydrogens is 172 g/mol. The number of anilines is 1. The van der Waals surface area contributed by atoms with E-state index in [1.165, 1.54) is 16.8 Å². The van der Waals surface area contributed by atoms with Crippen LogP contribution in [-0.2, 0) is 6.42 Å². The van der Waals surface area contributed by atoms with Gasteiger partial charge >= 0.3 is 0 Å². The molecule has 0 aromatic carbocycles. The summed E-state index contributed by atoms with van der Waals surface area (Å²) in [5, 5.41) is 3.19. The number of aryl methyl sites for hydroxylation is 1. The van der Waals surface area contributed by atoms with E-state index in [9.17, 15) is 0 Å². The molecule has 2 heteroatoms. The molecule has 2 heterocycles. The van der Waals surface area contributed by atoms with Crippen molar-refractivity contribution in [1.82, 2.24) is 4.98 Å². The number of nitrogens with one attached hydrogen (secondary N) is 1. The Kier molecular flexibility index (Phi) is 2.28. The van der Waals surface area contributed by atoms with Crippen LogP contribution < -0.4 is 5.32 Å². The summed E-state index contributed by atoms with van der Waals surface area (Å²) in [6.45, 7) is 6.50. The summed E-state index contributed by atoms with van der Waals surface area (Å²) in [5.74, 6) is 1.52. The van der Waals surface area contributed by atoms with Crippen molar-refractivity contribution in [3.05, 3.63) is 35.2 Å². The summed E-state index contributed by atoms with van der Waals surface area (Å²) in [6.07, 6.45) is 5.09. The Hall–Kier alpha value is -1.31. The molecule has 0 radical (unpaired) electrons. The molecule has 74 valence electrons. The molecule has 0 fully saturated rings. The van der Waals surface area contributed by atoms with Crippen molar-refractivity contribution in [2.45, 2.75) is 33.1 Å². The molecule has 1 aliphatic heterocycles. The first-order valence-corrected chi connectivity index (χ1v) is 5.10. The van der Waals surface area contributed by atoms with E-state index in [0.29, 0.717) is 5.92 Å². The van der Waals surface area contributed by atoms with Crippen molar-refractivity contribution in [3.63, 3.8) is 0 Å². The average Bonchev–Trinajstić information content (AvgIpc) is 2.16. The number of pyridine rings is 1. The molecule has 1 N–H and O–H groups in total. The van der Waals surface area contributed by atoms with E-state index in [1.54, 1.807) is 0 Å². The highest BCUT2D eigenvalue weighted by molar-refractivity contribution is 5.52. The third kappa shape index (κ3) is 1.52. The van der Waals surface area contributed by atoms with Crippen molar-refractivity contribution in [2.75, 3.05) is 5.32 Å². The molecule has 0 atom stereocenters. The van der Waals surface area contributed by atoms with Crippen molar-refractivity contribution in [3.8, 4) is 0 Å². The van der Waals surface area contributed by atoms with E-state index < -0.39 is 0 Å². The molecule has 1 aromatic heterocycles. The Morgan fingerprint density at radius 1 is 1.43 bits per heavy atom. The normalized spacial score (nSPS) is 14.0. The average molecular weight is 188 g/mol. The highest BCUT2D eigenvalue weighted by Gasteiger charge is 2.11. The van der Waals surface area contributed by atoms with Gasteiger partial charge in [0.2, 0.25) is 0 Å². The van der Waals surface area contributed by atoms with E-state index in [1.807, 2.05) is 6.20 Å². The van der Waals surface area contributed by atoms with Gasteiger partial charge in [0.25, 0.3) is 0 Å². The maximum Gasteiger partial charge on any atom is 0.133 e. The summed E-state index contributed by atoms with van der Waals surface area (Å²) in [7, 11) is 0. The zero-order valence-corrected chi connectivity index (χ0v) is 8.96. The fourth-order valence-electron chi connectivity index (χ4n) is 1.87. The fourth-order valence-corrected chi connectivity index (χ4v) is 1.87. The van der Waals surface area contributed by atoms with Gasteiger partial charge in [0.15, 0.2) is 0 Å². The van der Waals surface area contributed by atoms with Crippen LogP contribution in [0.25, 0.3) is 0 Å². The number of fused-ring (bicyclic) bond motifs is 1. The van der Waals surface area contributed by atoms with Crippen molar-refractivity contribution < 1.29 is 0 Å². The summed E-state index contributed by atoms with van der Waals surface area (Å²) in [6, 6.07) is 2.24. The Labute approximate surface area is 85.1 Å². The third-order valence-corrected chi connectivity index (χ3v) is 2.55. The van der Waals surface area contributed by atoms with Crippen molar-refractivity contribution in [1.29, 1.82) is 0 Å². The van der Waals surface area contributed by atoms with Gasteiger partial charge in [0.1, 0.15) is 5.82 Å². The third-order valence-electron chi connectivity index (χ3n) is 2.55. The SMILES string of the molecule is Cc1cc2c(nc1C(C)C)NC=CC2. The maximum atomic E-state index is 4.65. The molecular formula is C12H16N2. The van der Waals surface area contributed by atoms with E-state index in [0.717, 1.165) is 12.2 Å². The Morgan fingerprint density at radius 3 is 2.93 bits per heavy atom. The van der Waals surface area contributed by atoms with Crippen LogP contribution in [0.4, 0.5) is 5.82 Å². The maximum absolute atomic E-state index is 4.65. The Morgan fingerprint density at radius 2 is 2.21 bits per heavy atom. The van der Waals surface area contributed by atoms with Crippen LogP contribution in [0.3, 0.4) is 0 Å². The van der Waals surface area contributed by atoms with Crippen molar-refractivity contribution >= 4 is 5.82 Å². The predicted octanol–water partition coefficient (Wildman–Crippen LogP) is 3.00. The lowest BCUT2D eigenvalue weighted by Crippen LogP contribution is -2.07. The van der Waals surface area contributed by atoms with Crippen LogP contribution in [0.1, 0.15) is 36.6 Å². The molecule has 0 aliphatic carbocycles. The minimum Gasteiger partial charge on any atom is -0.347 e. The first kappa shape index (κ1) is 9.25. The van der Waals surface area contributed by atoms with Gasteiger partial charge in [-0.05, 0) is 36.6 Å². The molecule has 0 spiro atoms. The van der Waals surface area contributed by atoms with E-state index in [2.05, 4.69) is 43.2 Å². The lowest BCUT2D eigenvalue weighted by Gasteiger charge is -2.16. The molecule has 0 saturated carbocycles. The number of aromatic nitrogens is 1. The van der Waals surface area contributed by atoms with Gasteiger partial charge in [-0.2, -0.15) is 0 Å². The van der Waals surface area contributed by atoms with Gasteiger partial charge in [0, 0.05) is 5.69 Å². The first-order chi connectivity index (χ1) is 6.68. The zero-order chi connectivity index (χ0) is 10.1. The Balaban J connectivity index is 2.48. The van der Waals surface area contributed by atoms with Gasteiger partial charge < -0.3 is 5.32 Å². The number of rotatable bonds is 1. The number of hydrogen-bond donors (Lipinski definition) is 1. The van der Waals surface area contributed by atoms with Crippen LogP contribution in [0.2, 0.25) is 0 Å². The van der Waals surface area contributed by atoms with Gasteiger partial charge in [0.05, 0.1) is 0 Å². The van der Waals surface area contributed by atoms with E-state index >= 15 is 0 Å². The molecule has 14 heavy (non-hydrogen) atoms. The van der Waals surface area contributed by atoms with Gasteiger partial charge in [-0.1, -0.05) is 26.0 Å². The fraction of sp³-hybridized carbons (Fsp3) is 0.417. The minimum absolute atomic E-state index is 0.494. The summed E-state index contributed by atoms with van der Waals surface area (Å²) < 4.78 is 0. The zero-order valence-electron chi connectivity index (χ0n) is 8.96. The summed E-state index contributed by atoms with van der Waals surface area (Å²) in [5.41, 5.74) is 3.80. The smallest absolute Gasteiger partial charge is 0.133 e. The van der Waals surface area contributed by atoms with E-state index in [-0.39, 0.29) is 0 Å². The van der Waals surface area contributed by atoms with Crippen LogP contribution in [-0.4, -0.2) is 4.98 Å². The highest BCUT2D eigenvalue weighted by atomic mass is 15.0. The number of allylic oxidation sites excluding steroid dienone is 1. The topological polar surface area (TPSA) is 24.9 Å². The standard InChI is InChI=1S/C12H16N2/c1-8(2)11-9(3)7-10-5-4-6-13-12(10)14-11/h4,6-8H,5H2,1-3H3,(H,13,14). The van der Waals surface area contributed by atoms with Crippen LogP contribution in [0.15, 0.2) is 18.3 Å².